The smallest absolute Gasteiger partial charge is 0.0232 e. The Morgan fingerprint density at radius 1 is 1.17 bits per heavy atom. The maximum atomic E-state index is 3.44. The van der Waals surface area contributed by atoms with Crippen molar-refractivity contribution >= 4 is 0 Å². The van der Waals surface area contributed by atoms with Crippen LogP contribution in [0.2, 0.25) is 0 Å². The Kier molecular flexibility index (Phi) is 2.66. The Morgan fingerprint density at radius 2 is 1.92 bits per heavy atom. The molecule has 2 aliphatic heterocycles. The summed E-state index contributed by atoms with van der Waals surface area (Å²) in [6, 6.07) is 0.859. The Balaban J connectivity index is 1.80. The quantitative estimate of drug-likeness (QED) is 0.630. The van der Waals surface area contributed by atoms with Gasteiger partial charge >= 0.3 is 0 Å². The number of likely N-dealkylation sites (tertiary alicyclic amines) is 1. The van der Waals surface area contributed by atoms with Crippen molar-refractivity contribution in [3.8, 4) is 0 Å². The van der Waals surface area contributed by atoms with Crippen molar-refractivity contribution in [3.63, 3.8) is 0 Å². The number of nitrogens with zero attached hydrogens (tertiary/aromatic N) is 1. The molecule has 2 fully saturated rings. The van der Waals surface area contributed by atoms with Crippen LogP contribution in [0.5, 0.6) is 0 Å². The van der Waals surface area contributed by atoms with E-state index in [2.05, 4.69) is 17.1 Å². The van der Waals surface area contributed by atoms with E-state index in [9.17, 15) is 0 Å². The van der Waals surface area contributed by atoms with Crippen LogP contribution >= 0.6 is 0 Å². The maximum Gasteiger partial charge on any atom is 0.0232 e. The van der Waals surface area contributed by atoms with Gasteiger partial charge in [-0.05, 0) is 44.8 Å². The van der Waals surface area contributed by atoms with E-state index in [1.807, 2.05) is 0 Å². The van der Waals surface area contributed by atoms with E-state index < -0.39 is 0 Å². The molecule has 2 rings (SSSR count). The lowest BCUT2D eigenvalue weighted by Gasteiger charge is -2.34. The number of hydrogen-bond donors (Lipinski definition) is 1. The van der Waals surface area contributed by atoms with Gasteiger partial charge in [0.1, 0.15) is 0 Å². The third kappa shape index (κ3) is 1.80. The first-order chi connectivity index (χ1) is 5.86. The third-order valence-electron chi connectivity index (χ3n) is 3.37. The van der Waals surface area contributed by atoms with Gasteiger partial charge in [0.25, 0.3) is 0 Å². The zero-order valence-electron chi connectivity index (χ0n) is 8.05. The molecule has 2 heteroatoms. The first-order valence-electron chi connectivity index (χ1n) is 5.31. The molecule has 0 aliphatic carbocycles. The minimum absolute atomic E-state index is 0.859. The van der Waals surface area contributed by atoms with Gasteiger partial charge in [0.15, 0.2) is 0 Å². The van der Waals surface area contributed by atoms with Gasteiger partial charge in [-0.1, -0.05) is 6.92 Å². The Hall–Kier alpha value is -0.0800. The monoisotopic (exact) mass is 168 g/mol. The summed E-state index contributed by atoms with van der Waals surface area (Å²) in [5.41, 5.74) is 0. The van der Waals surface area contributed by atoms with Crippen molar-refractivity contribution in [1.82, 2.24) is 10.2 Å². The number of rotatable bonds is 1. The van der Waals surface area contributed by atoms with Crippen LogP contribution in [0.3, 0.4) is 0 Å². The predicted molar refractivity (Wildman–Crippen MR) is 51.2 cm³/mol. The summed E-state index contributed by atoms with van der Waals surface area (Å²) in [6.45, 7) is 7.52. The third-order valence-corrected chi connectivity index (χ3v) is 3.37. The molecule has 70 valence electrons. The van der Waals surface area contributed by atoms with Gasteiger partial charge in [-0.15, -0.1) is 0 Å². The lowest BCUT2D eigenvalue weighted by molar-refractivity contribution is 0.146. The van der Waals surface area contributed by atoms with E-state index in [0.29, 0.717) is 0 Å². The molecule has 0 aromatic carbocycles. The second-order valence-corrected chi connectivity index (χ2v) is 4.37. The molecule has 1 atom stereocenters. The topological polar surface area (TPSA) is 15.3 Å². The van der Waals surface area contributed by atoms with Gasteiger partial charge in [-0.25, -0.2) is 0 Å². The number of hydrogen-bond acceptors (Lipinski definition) is 2. The van der Waals surface area contributed by atoms with Crippen LogP contribution < -0.4 is 5.32 Å². The van der Waals surface area contributed by atoms with Crippen LogP contribution in [-0.2, 0) is 0 Å². The molecule has 0 aromatic rings. The van der Waals surface area contributed by atoms with Gasteiger partial charge < -0.3 is 5.32 Å². The zero-order chi connectivity index (χ0) is 8.39. The highest BCUT2D eigenvalue weighted by Gasteiger charge is 2.25. The molecule has 0 saturated carbocycles. The summed E-state index contributed by atoms with van der Waals surface area (Å²) in [5, 5.41) is 3.44. The summed E-state index contributed by atoms with van der Waals surface area (Å²) in [7, 11) is 0. The number of piperidine rings is 1. The van der Waals surface area contributed by atoms with Crippen molar-refractivity contribution in [2.45, 2.75) is 32.2 Å². The normalized spacial score (nSPS) is 34.2. The van der Waals surface area contributed by atoms with Gasteiger partial charge in [0, 0.05) is 12.6 Å². The minimum Gasteiger partial charge on any atom is -0.315 e. The molecule has 0 aromatic heterocycles. The van der Waals surface area contributed by atoms with Crippen molar-refractivity contribution in [3.05, 3.63) is 0 Å². The second kappa shape index (κ2) is 3.75. The molecule has 0 unspecified atom stereocenters. The van der Waals surface area contributed by atoms with Gasteiger partial charge in [0.2, 0.25) is 0 Å². The van der Waals surface area contributed by atoms with Crippen LogP contribution in [0.4, 0.5) is 0 Å². The van der Waals surface area contributed by atoms with Crippen molar-refractivity contribution in [1.29, 1.82) is 0 Å². The van der Waals surface area contributed by atoms with Gasteiger partial charge in [-0.2, -0.15) is 0 Å². The molecule has 2 nitrogen and oxygen atoms in total. The Labute approximate surface area is 75.3 Å². The fraction of sp³-hybridized carbons (Fsp3) is 1.00. The number of nitrogens with one attached hydrogen (secondary N) is 1. The van der Waals surface area contributed by atoms with Crippen LogP contribution in [0.25, 0.3) is 0 Å². The van der Waals surface area contributed by atoms with Gasteiger partial charge in [-0.3, -0.25) is 4.90 Å². The average molecular weight is 168 g/mol. The minimum atomic E-state index is 0.859. The van der Waals surface area contributed by atoms with Crippen LogP contribution in [0.1, 0.15) is 26.2 Å². The van der Waals surface area contributed by atoms with Crippen molar-refractivity contribution in [2.24, 2.45) is 5.92 Å². The van der Waals surface area contributed by atoms with E-state index in [-0.39, 0.29) is 0 Å². The van der Waals surface area contributed by atoms with Crippen molar-refractivity contribution in [2.75, 3.05) is 26.2 Å². The summed E-state index contributed by atoms with van der Waals surface area (Å²) < 4.78 is 0. The molecule has 2 saturated heterocycles. The summed E-state index contributed by atoms with van der Waals surface area (Å²) in [4.78, 5) is 2.68. The summed E-state index contributed by atoms with van der Waals surface area (Å²) in [6.07, 6.45) is 4.20. The molecule has 2 heterocycles. The highest BCUT2D eigenvalue weighted by Crippen LogP contribution is 2.20. The van der Waals surface area contributed by atoms with E-state index in [1.165, 1.54) is 45.4 Å². The molecule has 0 amide bonds. The summed E-state index contributed by atoms with van der Waals surface area (Å²) >= 11 is 0. The Morgan fingerprint density at radius 3 is 2.50 bits per heavy atom. The van der Waals surface area contributed by atoms with E-state index in [0.717, 1.165) is 12.0 Å². The van der Waals surface area contributed by atoms with Crippen molar-refractivity contribution < 1.29 is 0 Å². The lowest BCUT2D eigenvalue weighted by Crippen LogP contribution is -2.42. The predicted octanol–water partition coefficient (Wildman–Crippen LogP) is 1.08. The van der Waals surface area contributed by atoms with Crippen LogP contribution in [0.15, 0.2) is 0 Å². The van der Waals surface area contributed by atoms with E-state index in [1.54, 1.807) is 0 Å². The standard InChI is InChI=1S/C10H20N2/c1-9-3-6-12(7-4-9)10-2-5-11-8-10/h9-11H,2-8H2,1H3/t10-/m1/s1. The summed E-state index contributed by atoms with van der Waals surface area (Å²) in [5.74, 6) is 0.968. The molecule has 0 bridgehead atoms. The molecule has 1 N–H and O–H groups in total. The molecule has 2 aliphatic rings. The van der Waals surface area contributed by atoms with E-state index >= 15 is 0 Å². The lowest BCUT2D eigenvalue weighted by atomic mass is 9.98. The first-order valence-corrected chi connectivity index (χ1v) is 5.31. The fourth-order valence-corrected chi connectivity index (χ4v) is 2.34. The highest BCUT2D eigenvalue weighted by molar-refractivity contribution is 4.83. The zero-order valence-corrected chi connectivity index (χ0v) is 8.05. The average Bonchev–Trinajstić information content (AvgIpc) is 2.58. The molecule has 0 spiro atoms. The van der Waals surface area contributed by atoms with Crippen LogP contribution in [-0.4, -0.2) is 37.1 Å². The largest absolute Gasteiger partial charge is 0.315 e. The SMILES string of the molecule is CC1CCN([C@@H]2CCNC2)CC1. The molecule has 12 heavy (non-hydrogen) atoms. The van der Waals surface area contributed by atoms with E-state index in [4.69, 9.17) is 0 Å². The fourth-order valence-electron chi connectivity index (χ4n) is 2.34. The molecular weight excluding hydrogens is 148 g/mol. The van der Waals surface area contributed by atoms with Gasteiger partial charge in [0.05, 0.1) is 0 Å². The molecular formula is C10H20N2. The maximum absolute atomic E-state index is 3.44. The second-order valence-electron chi connectivity index (χ2n) is 4.37. The van der Waals surface area contributed by atoms with Crippen LogP contribution in [0, 0.1) is 5.92 Å². The highest BCUT2D eigenvalue weighted by atomic mass is 15.2. The first kappa shape index (κ1) is 8.52. The Bertz CT molecular complexity index is 133. The molecule has 0 radical (unpaired) electrons.